The molecule has 4 aromatic heterocycles. The maximum Gasteiger partial charge on any atom is 0.175 e. The van der Waals surface area contributed by atoms with Crippen molar-refractivity contribution in [3.63, 3.8) is 0 Å². The molecule has 0 aliphatic carbocycles. The van der Waals surface area contributed by atoms with E-state index in [0.717, 1.165) is 65.3 Å². The first kappa shape index (κ1) is 25.9. The summed E-state index contributed by atoms with van der Waals surface area (Å²) >= 11 is 0. The summed E-state index contributed by atoms with van der Waals surface area (Å²) < 4.78 is 18.2. The van der Waals surface area contributed by atoms with Gasteiger partial charge >= 0.3 is 0 Å². The molecule has 0 saturated carbocycles. The van der Waals surface area contributed by atoms with Gasteiger partial charge in [0, 0.05) is 60.8 Å². The van der Waals surface area contributed by atoms with E-state index in [2.05, 4.69) is 76.3 Å². The fraction of sp³-hybridized carbons (Fsp3) is 0.581. The quantitative estimate of drug-likeness (QED) is 0.375. The third-order valence-corrected chi connectivity index (χ3v) is 9.95. The second-order valence-electron chi connectivity index (χ2n) is 13.2. The van der Waals surface area contributed by atoms with Gasteiger partial charge in [-0.25, -0.2) is 18.9 Å². The predicted octanol–water partition coefficient (Wildman–Crippen LogP) is 5.15. The number of hydrogen-bond acceptors (Lipinski definition) is 6. The lowest BCUT2D eigenvalue weighted by molar-refractivity contribution is -0.0657. The van der Waals surface area contributed by atoms with Crippen LogP contribution in [0.4, 0.5) is 10.2 Å². The van der Waals surface area contributed by atoms with Gasteiger partial charge in [0.2, 0.25) is 0 Å². The zero-order valence-electron chi connectivity index (χ0n) is 24.6. The zero-order chi connectivity index (χ0) is 27.9. The minimum Gasteiger partial charge on any atom is -0.353 e. The number of nitrogens with zero attached hydrogens (tertiary/aromatic N) is 7. The van der Waals surface area contributed by atoms with Gasteiger partial charge in [0.05, 0.1) is 17.4 Å². The van der Waals surface area contributed by atoms with Crippen molar-refractivity contribution in [2.24, 2.45) is 5.41 Å². The number of anilines is 1. The number of aryl methyl sites for hydroxylation is 1. The molecule has 3 saturated heterocycles. The van der Waals surface area contributed by atoms with Crippen LogP contribution in [0.2, 0.25) is 0 Å². The molecular formula is C31H41FN8. The highest BCUT2D eigenvalue weighted by molar-refractivity contribution is 5.94. The third-order valence-electron chi connectivity index (χ3n) is 9.95. The first-order valence-corrected chi connectivity index (χ1v) is 14.9. The van der Waals surface area contributed by atoms with Gasteiger partial charge in [-0.3, -0.25) is 4.90 Å². The molecule has 40 heavy (non-hydrogen) atoms. The van der Waals surface area contributed by atoms with Crippen LogP contribution < -0.4 is 4.90 Å². The number of rotatable bonds is 5. The first-order valence-electron chi connectivity index (χ1n) is 14.9. The Morgan fingerprint density at radius 1 is 1.00 bits per heavy atom. The monoisotopic (exact) mass is 544 g/mol. The third kappa shape index (κ3) is 3.88. The molecular weight excluding hydrogens is 503 g/mol. The average molecular weight is 545 g/mol. The smallest absolute Gasteiger partial charge is 0.175 e. The van der Waals surface area contributed by atoms with E-state index in [9.17, 15) is 0 Å². The standard InChI is InChI=1S/C31H41FN8/c1-18(2)25-26-24(36-28(25)23-12-40-29(34-17-35-40)21(6)20(23)5)11-33-30(27(26)32)39-15-31(16-39)13-38(14-31)22-7-9-37(10-8-22)19(3)4/h11-12,17-19,22,36H,7-10,13-16H2,1-6H3. The van der Waals surface area contributed by atoms with Crippen molar-refractivity contribution >= 4 is 22.4 Å². The summed E-state index contributed by atoms with van der Waals surface area (Å²) in [5.41, 5.74) is 7.05. The lowest BCUT2D eigenvalue weighted by Gasteiger charge is -2.63. The van der Waals surface area contributed by atoms with Crippen molar-refractivity contribution in [1.82, 2.24) is 34.4 Å². The van der Waals surface area contributed by atoms with Gasteiger partial charge in [-0.2, -0.15) is 5.10 Å². The Kier molecular flexibility index (Phi) is 5.98. The molecule has 7 heterocycles. The largest absolute Gasteiger partial charge is 0.353 e. The number of aromatic amines is 1. The lowest BCUT2D eigenvalue weighted by atomic mass is 9.71. The van der Waals surface area contributed by atoms with Crippen LogP contribution in [-0.2, 0) is 0 Å². The van der Waals surface area contributed by atoms with E-state index in [0.29, 0.717) is 28.7 Å². The normalized spacial score (nSPS) is 20.4. The summed E-state index contributed by atoms with van der Waals surface area (Å²) in [4.78, 5) is 20.0. The first-order chi connectivity index (χ1) is 19.2. The van der Waals surface area contributed by atoms with Gasteiger partial charge in [0.1, 0.15) is 6.33 Å². The summed E-state index contributed by atoms with van der Waals surface area (Å²) in [5.74, 6) is 0.422. The number of halogens is 1. The van der Waals surface area contributed by atoms with Crippen LogP contribution in [0.15, 0.2) is 18.7 Å². The van der Waals surface area contributed by atoms with Crippen molar-refractivity contribution < 1.29 is 4.39 Å². The van der Waals surface area contributed by atoms with Crippen LogP contribution in [-0.4, -0.2) is 85.7 Å². The maximum atomic E-state index is 16.3. The van der Waals surface area contributed by atoms with E-state index in [-0.39, 0.29) is 11.7 Å². The number of pyridine rings is 2. The van der Waals surface area contributed by atoms with Crippen LogP contribution in [0.3, 0.4) is 0 Å². The number of likely N-dealkylation sites (tertiary alicyclic amines) is 2. The summed E-state index contributed by atoms with van der Waals surface area (Å²) in [6.07, 6.45) is 7.93. The molecule has 3 aliphatic heterocycles. The molecule has 3 aliphatic rings. The molecule has 8 nitrogen and oxygen atoms in total. The highest BCUT2D eigenvalue weighted by Crippen LogP contribution is 2.46. The molecule has 212 valence electrons. The Hall–Kier alpha value is -3.04. The second kappa shape index (κ2) is 9.24. The highest BCUT2D eigenvalue weighted by Gasteiger charge is 2.54. The van der Waals surface area contributed by atoms with Crippen LogP contribution in [0.1, 0.15) is 63.1 Å². The van der Waals surface area contributed by atoms with Gasteiger partial charge in [-0.1, -0.05) is 13.8 Å². The van der Waals surface area contributed by atoms with Gasteiger partial charge in [-0.15, -0.1) is 0 Å². The number of H-pyrrole nitrogens is 1. The van der Waals surface area contributed by atoms with Crippen LogP contribution in [0.5, 0.6) is 0 Å². The Bertz CT molecular complexity index is 1580. The molecule has 9 heteroatoms. The summed E-state index contributed by atoms with van der Waals surface area (Å²) in [6.45, 7) is 19.5. The molecule has 0 aromatic carbocycles. The molecule has 0 bridgehead atoms. The average Bonchev–Trinajstić information content (AvgIpc) is 3.51. The topological polar surface area (TPSA) is 68.6 Å². The number of hydrogen-bond donors (Lipinski definition) is 1. The van der Waals surface area contributed by atoms with E-state index in [1.54, 1.807) is 6.33 Å². The minimum absolute atomic E-state index is 0.129. The molecule has 0 radical (unpaired) electrons. The second-order valence-corrected chi connectivity index (χ2v) is 13.2. The minimum atomic E-state index is -0.202. The number of aromatic nitrogens is 5. The van der Waals surface area contributed by atoms with Gasteiger partial charge in [0.15, 0.2) is 17.3 Å². The molecule has 7 rings (SSSR count). The van der Waals surface area contributed by atoms with Crippen molar-refractivity contribution in [1.29, 1.82) is 0 Å². The fourth-order valence-corrected chi connectivity index (χ4v) is 7.58. The molecule has 4 aromatic rings. The van der Waals surface area contributed by atoms with E-state index >= 15 is 4.39 Å². The molecule has 0 atom stereocenters. The molecule has 0 unspecified atom stereocenters. The Balaban J connectivity index is 1.13. The predicted molar refractivity (Wildman–Crippen MR) is 158 cm³/mol. The van der Waals surface area contributed by atoms with Crippen LogP contribution in [0.25, 0.3) is 27.8 Å². The Labute approximate surface area is 235 Å². The van der Waals surface area contributed by atoms with Gasteiger partial charge < -0.3 is 14.8 Å². The molecule has 0 amide bonds. The van der Waals surface area contributed by atoms with E-state index in [4.69, 9.17) is 0 Å². The Morgan fingerprint density at radius 3 is 2.40 bits per heavy atom. The summed E-state index contributed by atoms with van der Waals surface area (Å²) in [6, 6.07) is 1.35. The van der Waals surface area contributed by atoms with Gasteiger partial charge in [-0.05, 0) is 76.2 Å². The summed E-state index contributed by atoms with van der Waals surface area (Å²) in [7, 11) is 0. The van der Waals surface area contributed by atoms with Crippen LogP contribution >= 0.6 is 0 Å². The highest BCUT2D eigenvalue weighted by atomic mass is 19.1. The number of fused-ring (bicyclic) bond motifs is 2. The number of nitrogens with one attached hydrogen (secondary N) is 1. The van der Waals surface area contributed by atoms with Crippen LogP contribution in [0, 0.1) is 25.1 Å². The molecule has 1 spiro atoms. The summed E-state index contributed by atoms with van der Waals surface area (Å²) in [5, 5.41) is 5.04. The van der Waals surface area contributed by atoms with Crippen molar-refractivity contribution in [2.45, 2.75) is 72.4 Å². The Morgan fingerprint density at radius 2 is 1.73 bits per heavy atom. The van der Waals surface area contributed by atoms with Crippen molar-refractivity contribution in [2.75, 3.05) is 44.2 Å². The SMILES string of the molecule is Cc1c(-c2[nH]c3cnc(N4CC5(C4)CN(C4CCN(C(C)C)CC4)C5)c(F)c3c2C(C)C)cn2ncnc2c1C. The zero-order valence-corrected chi connectivity index (χ0v) is 24.6. The van der Waals surface area contributed by atoms with Gasteiger partial charge in [0.25, 0.3) is 0 Å². The molecule has 3 fully saturated rings. The lowest BCUT2D eigenvalue weighted by Crippen LogP contribution is -2.74. The van der Waals surface area contributed by atoms with Crippen molar-refractivity contribution in [3.05, 3.63) is 41.2 Å². The van der Waals surface area contributed by atoms with E-state index < -0.39 is 0 Å². The maximum absolute atomic E-state index is 16.3. The molecule has 1 N–H and O–H groups in total. The fourth-order valence-electron chi connectivity index (χ4n) is 7.58. The van der Waals surface area contributed by atoms with E-state index in [1.807, 2.05) is 16.9 Å². The van der Waals surface area contributed by atoms with Crippen molar-refractivity contribution in [3.8, 4) is 11.3 Å². The number of piperidine rings is 1. The van der Waals surface area contributed by atoms with E-state index in [1.165, 1.54) is 25.9 Å².